The summed E-state index contributed by atoms with van der Waals surface area (Å²) >= 11 is 0. The summed E-state index contributed by atoms with van der Waals surface area (Å²) in [6, 6.07) is 0.868. The first kappa shape index (κ1) is 10.1. The number of fused-ring (bicyclic) bond motifs is 1. The Morgan fingerprint density at radius 1 is 1.13 bits per heavy atom. The Balaban J connectivity index is 1.46. The van der Waals surface area contributed by atoms with Gasteiger partial charge in [0, 0.05) is 32.2 Å². The molecular weight excluding hydrogens is 188 g/mol. The van der Waals surface area contributed by atoms with Crippen molar-refractivity contribution in [3.8, 4) is 0 Å². The van der Waals surface area contributed by atoms with E-state index in [1.165, 1.54) is 58.4 Å². The van der Waals surface area contributed by atoms with E-state index in [0.29, 0.717) is 6.10 Å². The van der Waals surface area contributed by atoms with Crippen LogP contribution in [0.4, 0.5) is 0 Å². The van der Waals surface area contributed by atoms with E-state index >= 15 is 0 Å². The minimum Gasteiger partial charge on any atom is -0.373 e. The van der Waals surface area contributed by atoms with Crippen LogP contribution in [0.3, 0.4) is 0 Å². The van der Waals surface area contributed by atoms with Crippen molar-refractivity contribution in [3.05, 3.63) is 0 Å². The molecule has 0 N–H and O–H groups in total. The van der Waals surface area contributed by atoms with Gasteiger partial charge in [-0.3, -0.25) is 4.90 Å². The van der Waals surface area contributed by atoms with Crippen molar-refractivity contribution in [2.45, 2.75) is 37.8 Å². The Morgan fingerprint density at radius 3 is 2.93 bits per heavy atom. The number of nitrogens with zero attached hydrogens (tertiary/aromatic N) is 2. The minimum atomic E-state index is 0.606. The topological polar surface area (TPSA) is 19.0 Å². The normalized spacial score (nSPS) is 37.6. The number of piperazine rings is 1. The summed E-state index contributed by atoms with van der Waals surface area (Å²) in [5, 5.41) is 0. The first-order valence-corrected chi connectivity index (χ1v) is 6.50. The minimum absolute atomic E-state index is 0.606. The van der Waals surface area contributed by atoms with Crippen LogP contribution >= 0.6 is 0 Å². The maximum absolute atomic E-state index is 5.27. The fraction of sp³-hybridized carbons (Fsp3) is 1.00. The average Bonchev–Trinajstić information content (AvgIpc) is 3.10. The summed E-state index contributed by atoms with van der Waals surface area (Å²) in [6.07, 6.45) is 6.16. The molecule has 86 valence electrons. The van der Waals surface area contributed by atoms with Crippen molar-refractivity contribution in [3.63, 3.8) is 0 Å². The zero-order chi connectivity index (χ0) is 10.1. The van der Waals surface area contributed by atoms with E-state index in [1.807, 2.05) is 0 Å². The maximum atomic E-state index is 5.27. The van der Waals surface area contributed by atoms with Crippen LogP contribution in [-0.4, -0.2) is 61.3 Å². The van der Waals surface area contributed by atoms with Crippen molar-refractivity contribution in [1.29, 1.82) is 0 Å². The summed E-state index contributed by atoms with van der Waals surface area (Å²) in [4.78, 5) is 5.35. The Hall–Kier alpha value is -0.120. The van der Waals surface area contributed by atoms with Crippen molar-refractivity contribution in [1.82, 2.24) is 9.80 Å². The number of piperidine rings is 1. The Morgan fingerprint density at radius 2 is 2.07 bits per heavy atom. The number of ether oxygens (including phenoxy) is 1. The van der Waals surface area contributed by atoms with Crippen LogP contribution in [0.15, 0.2) is 0 Å². The molecule has 3 heterocycles. The second-order valence-corrected chi connectivity index (χ2v) is 5.23. The average molecular weight is 210 g/mol. The molecule has 2 unspecified atom stereocenters. The van der Waals surface area contributed by atoms with Crippen molar-refractivity contribution in [2.75, 3.05) is 39.3 Å². The largest absolute Gasteiger partial charge is 0.373 e. The summed E-state index contributed by atoms with van der Waals surface area (Å²) < 4.78 is 5.27. The van der Waals surface area contributed by atoms with Gasteiger partial charge in [0.2, 0.25) is 0 Å². The molecule has 2 atom stereocenters. The predicted molar refractivity (Wildman–Crippen MR) is 60.0 cm³/mol. The van der Waals surface area contributed by atoms with Crippen molar-refractivity contribution < 1.29 is 4.74 Å². The molecule has 3 aliphatic rings. The lowest BCUT2D eigenvalue weighted by Gasteiger charge is -2.44. The third-order valence-electron chi connectivity index (χ3n) is 4.09. The standard InChI is InChI=1S/C12H22N2O/c1-2-5-14-8-7-13(9-11(14)3-1)6-4-12-10-15-12/h11-12H,1-10H2. The summed E-state index contributed by atoms with van der Waals surface area (Å²) in [5.74, 6) is 0. The first-order valence-electron chi connectivity index (χ1n) is 6.50. The molecule has 3 nitrogen and oxygen atoms in total. The zero-order valence-corrected chi connectivity index (χ0v) is 9.53. The molecule has 0 amide bonds. The molecule has 0 saturated carbocycles. The lowest BCUT2D eigenvalue weighted by atomic mass is 9.99. The molecule has 3 aliphatic heterocycles. The zero-order valence-electron chi connectivity index (χ0n) is 9.53. The van der Waals surface area contributed by atoms with E-state index in [4.69, 9.17) is 4.74 Å². The highest BCUT2D eigenvalue weighted by Gasteiger charge is 2.30. The van der Waals surface area contributed by atoms with E-state index in [-0.39, 0.29) is 0 Å². The van der Waals surface area contributed by atoms with Gasteiger partial charge in [0.1, 0.15) is 0 Å². The molecule has 0 radical (unpaired) electrons. The fourth-order valence-corrected chi connectivity index (χ4v) is 2.98. The van der Waals surface area contributed by atoms with E-state index in [2.05, 4.69) is 9.80 Å². The molecule has 3 heteroatoms. The van der Waals surface area contributed by atoms with Crippen molar-refractivity contribution in [2.24, 2.45) is 0 Å². The van der Waals surface area contributed by atoms with Crippen molar-refractivity contribution >= 4 is 0 Å². The van der Waals surface area contributed by atoms with E-state index < -0.39 is 0 Å². The van der Waals surface area contributed by atoms with Gasteiger partial charge < -0.3 is 9.64 Å². The highest BCUT2D eigenvalue weighted by molar-refractivity contribution is 4.85. The lowest BCUT2D eigenvalue weighted by molar-refractivity contribution is 0.0480. The molecule has 3 fully saturated rings. The summed E-state index contributed by atoms with van der Waals surface area (Å²) in [5.41, 5.74) is 0. The molecule has 3 rings (SSSR count). The van der Waals surface area contributed by atoms with Gasteiger partial charge in [-0.2, -0.15) is 0 Å². The van der Waals surface area contributed by atoms with Crippen LogP contribution in [0.25, 0.3) is 0 Å². The van der Waals surface area contributed by atoms with Gasteiger partial charge >= 0.3 is 0 Å². The third kappa shape index (κ3) is 2.52. The molecule has 15 heavy (non-hydrogen) atoms. The molecule has 0 aromatic rings. The number of hydrogen-bond acceptors (Lipinski definition) is 3. The van der Waals surface area contributed by atoms with E-state index in [1.54, 1.807) is 0 Å². The van der Waals surface area contributed by atoms with Gasteiger partial charge in [0.25, 0.3) is 0 Å². The fourth-order valence-electron chi connectivity index (χ4n) is 2.98. The van der Waals surface area contributed by atoms with Gasteiger partial charge in [-0.15, -0.1) is 0 Å². The number of epoxide rings is 1. The summed E-state index contributed by atoms with van der Waals surface area (Å²) in [7, 11) is 0. The molecular formula is C12H22N2O. The molecule has 0 aromatic carbocycles. The van der Waals surface area contributed by atoms with E-state index in [0.717, 1.165) is 12.6 Å². The Bertz CT molecular complexity index is 218. The molecule has 3 saturated heterocycles. The van der Waals surface area contributed by atoms with Crippen LogP contribution < -0.4 is 0 Å². The van der Waals surface area contributed by atoms with Gasteiger partial charge in [-0.1, -0.05) is 6.42 Å². The molecule has 0 bridgehead atoms. The number of hydrogen-bond donors (Lipinski definition) is 0. The Labute approximate surface area is 92.4 Å². The first-order chi connectivity index (χ1) is 7.42. The molecule has 0 spiro atoms. The van der Waals surface area contributed by atoms with E-state index in [9.17, 15) is 0 Å². The van der Waals surface area contributed by atoms with Crippen LogP contribution in [-0.2, 0) is 4.74 Å². The predicted octanol–water partition coefficient (Wildman–Crippen LogP) is 0.945. The van der Waals surface area contributed by atoms with Crippen LogP contribution in [0.5, 0.6) is 0 Å². The third-order valence-corrected chi connectivity index (χ3v) is 4.09. The second kappa shape index (κ2) is 4.40. The Kier molecular flexibility index (Phi) is 2.95. The number of rotatable bonds is 3. The highest BCUT2D eigenvalue weighted by atomic mass is 16.6. The van der Waals surface area contributed by atoms with Gasteiger partial charge in [-0.05, 0) is 25.8 Å². The lowest BCUT2D eigenvalue weighted by Crippen LogP contribution is -2.54. The van der Waals surface area contributed by atoms with Gasteiger partial charge in [0.05, 0.1) is 12.7 Å². The second-order valence-electron chi connectivity index (χ2n) is 5.23. The SMILES string of the molecule is C1CCN2CCN(CCC3CO3)CC2C1. The molecule has 0 aromatic heterocycles. The van der Waals surface area contributed by atoms with Gasteiger partial charge in [-0.25, -0.2) is 0 Å². The highest BCUT2D eigenvalue weighted by Crippen LogP contribution is 2.22. The monoisotopic (exact) mass is 210 g/mol. The van der Waals surface area contributed by atoms with Crippen LogP contribution in [0, 0.1) is 0 Å². The van der Waals surface area contributed by atoms with Gasteiger partial charge in [0.15, 0.2) is 0 Å². The maximum Gasteiger partial charge on any atom is 0.0822 e. The molecule has 0 aliphatic carbocycles. The van der Waals surface area contributed by atoms with Crippen LogP contribution in [0.2, 0.25) is 0 Å². The quantitative estimate of drug-likeness (QED) is 0.646. The summed E-state index contributed by atoms with van der Waals surface area (Å²) in [6.45, 7) is 7.52. The van der Waals surface area contributed by atoms with Crippen LogP contribution in [0.1, 0.15) is 25.7 Å². The smallest absolute Gasteiger partial charge is 0.0822 e.